The number of hydrogen-bond donors (Lipinski definition) is 1. The van der Waals surface area contributed by atoms with Crippen LogP contribution < -0.4 is 4.72 Å². The first-order chi connectivity index (χ1) is 10.2. The van der Waals surface area contributed by atoms with Gasteiger partial charge in [-0.2, -0.15) is 13.2 Å². The molecule has 22 heavy (non-hydrogen) atoms. The van der Waals surface area contributed by atoms with E-state index in [1.807, 2.05) is 0 Å². The summed E-state index contributed by atoms with van der Waals surface area (Å²) in [5.74, 6) is 0. The Morgan fingerprint density at radius 3 is 2.14 bits per heavy atom. The Balaban J connectivity index is 2.33. The van der Waals surface area contributed by atoms with Gasteiger partial charge in [0.1, 0.15) is 0 Å². The van der Waals surface area contributed by atoms with Gasteiger partial charge in [0.05, 0.1) is 16.1 Å². The van der Waals surface area contributed by atoms with Gasteiger partial charge in [-0.25, -0.2) is 8.42 Å². The molecular formula is C15H12F3NO2S. The van der Waals surface area contributed by atoms with Crippen molar-refractivity contribution in [2.45, 2.75) is 11.1 Å². The van der Waals surface area contributed by atoms with Gasteiger partial charge in [-0.15, -0.1) is 0 Å². The number of halogens is 3. The maximum Gasteiger partial charge on any atom is 0.416 e. The Kier molecular flexibility index (Phi) is 4.27. The van der Waals surface area contributed by atoms with Crippen LogP contribution in [0.15, 0.2) is 60.0 Å². The average molecular weight is 327 g/mol. The van der Waals surface area contributed by atoms with Crippen LogP contribution in [0.5, 0.6) is 0 Å². The van der Waals surface area contributed by atoms with Crippen LogP contribution in [0.3, 0.4) is 0 Å². The molecule has 0 bridgehead atoms. The zero-order valence-corrected chi connectivity index (χ0v) is 12.1. The molecule has 0 saturated heterocycles. The van der Waals surface area contributed by atoms with E-state index in [-0.39, 0.29) is 4.90 Å². The van der Waals surface area contributed by atoms with Crippen molar-refractivity contribution in [1.82, 2.24) is 0 Å². The molecule has 0 atom stereocenters. The summed E-state index contributed by atoms with van der Waals surface area (Å²) in [6.07, 6.45) is -3.03. The molecule has 0 spiro atoms. The Hall–Kier alpha value is -2.28. The minimum absolute atomic E-state index is 0.251. The third-order valence-corrected chi connectivity index (χ3v) is 4.30. The van der Waals surface area contributed by atoms with Crippen molar-refractivity contribution in [3.8, 4) is 0 Å². The van der Waals surface area contributed by atoms with E-state index in [9.17, 15) is 21.6 Å². The van der Waals surface area contributed by atoms with E-state index in [1.165, 1.54) is 6.08 Å². The molecule has 0 aliphatic carbocycles. The molecule has 0 unspecified atom stereocenters. The van der Waals surface area contributed by atoms with Crippen molar-refractivity contribution < 1.29 is 21.6 Å². The second-order valence-corrected chi connectivity index (χ2v) is 6.10. The Labute approximate surface area is 126 Å². The summed E-state index contributed by atoms with van der Waals surface area (Å²) in [6, 6.07) is 9.85. The molecule has 1 N–H and O–H groups in total. The first kappa shape index (κ1) is 16.1. The van der Waals surface area contributed by atoms with Crippen LogP contribution in [0.25, 0.3) is 6.08 Å². The van der Waals surface area contributed by atoms with Crippen molar-refractivity contribution >= 4 is 21.8 Å². The van der Waals surface area contributed by atoms with E-state index >= 15 is 0 Å². The first-order valence-corrected chi connectivity index (χ1v) is 7.64. The molecular weight excluding hydrogens is 315 g/mol. The van der Waals surface area contributed by atoms with Gasteiger partial charge in [0.2, 0.25) is 0 Å². The molecule has 2 aromatic carbocycles. The van der Waals surface area contributed by atoms with E-state index in [0.717, 1.165) is 24.3 Å². The van der Waals surface area contributed by atoms with E-state index < -0.39 is 21.8 Å². The molecule has 0 aliphatic rings. The Morgan fingerprint density at radius 1 is 1.00 bits per heavy atom. The molecule has 0 heterocycles. The standard InChI is InChI=1S/C15H12F3NO2S/c1-2-11-5-3-4-6-14(11)19-22(20,21)13-9-7-12(8-10-13)15(16,17)18/h2-10,19H,1H2. The minimum Gasteiger partial charge on any atom is -0.279 e. The zero-order valence-electron chi connectivity index (χ0n) is 11.3. The number of alkyl halides is 3. The molecule has 0 radical (unpaired) electrons. The highest BCUT2D eigenvalue weighted by Crippen LogP contribution is 2.30. The molecule has 3 nitrogen and oxygen atoms in total. The predicted octanol–water partition coefficient (Wildman–Crippen LogP) is 4.15. The second-order valence-electron chi connectivity index (χ2n) is 4.42. The summed E-state index contributed by atoms with van der Waals surface area (Å²) >= 11 is 0. The van der Waals surface area contributed by atoms with Gasteiger partial charge in [0, 0.05) is 0 Å². The van der Waals surface area contributed by atoms with Gasteiger partial charge >= 0.3 is 6.18 Å². The third-order valence-electron chi connectivity index (χ3n) is 2.92. The summed E-state index contributed by atoms with van der Waals surface area (Å²) in [5, 5.41) is 0. The highest BCUT2D eigenvalue weighted by atomic mass is 32.2. The van der Waals surface area contributed by atoms with Gasteiger partial charge in [0.25, 0.3) is 10.0 Å². The lowest BCUT2D eigenvalue weighted by Crippen LogP contribution is -2.14. The molecule has 7 heteroatoms. The fourth-order valence-electron chi connectivity index (χ4n) is 1.79. The third kappa shape index (κ3) is 3.48. The van der Waals surface area contributed by atoms with Crippen LogP contribution in [-0.4, -0.2) is 8.42 Å². The first-order valence-electron chi connectivity index (χ1n) is 6.15. The highest BCUT2D eigenvalue weighted by Gasteiger charge is 2.30. The molecule has 0 amide bonds. The number of nitrogens with one attached hydrogen (secondary N) is 1. The smallest absolute Gasteiger partial charge is 0.279 e. The molecule has 2 rings (SSSR count). The largest absolute Gasteiger partial charge is 0.416 e. The Bertz CT molecular complexity index is 781. The number of rotatable bonds is 4. The van der Waals surface area contributed by atoms with Gasteiger partial charge in [-0.05, 0) is 35.9 Å². The van der Waals surface area contributed by atoms with E-state index in [0.29, 0.717) is 11.3 Å². The van der Waals surface area contributed by atoms with Crippen LogP contribution in [0.2, 0.25) is 0 Å². The normalized spacial score (nSPS) is 12.0. The number of sulfonamides is 1. The SMILES string of the molecule is C=Cc1ccccc1NS(=O)(=O)c1ccc(C(F)(F)F)cc1. The monoisotopic (exact) mass is 327 g/mol. The fourth-order valence-corrected chi connectivity index (χ4v) is 2.88. The molecule has 0 aromatic heterocycles. The quantitative estimate of drug-likeness (QED) is 0.917. The van der Waals surface area contributed by atoms with Crippen molar-refractivity contribution in [2.24, 2.45) is 0 Å². The number of para-hydroxylation sites is 1. The van der Waals surface area contributed by atoms with E-state index in [2.05, 4.69) is 11.3 Å². The molecule has 0 fully saturated rings. The number of anilines is 1. The lowest BCUT2D eigenvalue weighted by molar-refractivity contribution is -0.137. The van der Waals surface area contributed by atoms with E-state index in [4.69, 9.17) is 0 Å². The number of benzene rings is 2. The average Bonchev–Trinajstić information content (AvgIpc) is 2.47. The maximum absolute atomic E-state index is 12.5. The van der Waals surface area contributed by atoms with Gasteiger partial charge in [0.15, 0.2) is 0 Å². The predicted molar refractivity (Wildman–Crippen MR) is 78.8 cm³/mol. The summed E-state index contributed by atoms with van der Waals surface area (Å²) in [5.41, 5.74) is -0.0340. The number of hydrogen-bond acceptors (Lipinski definition) is 2. The van der Waals surface area contributed by atoms with Crippen molar-refractivity contribution in [3.05, 3.63) is 66.2 Å². The van der Waals surface area contributed by atoms with Crippen molar-refractivity contribution in [2.75, 3.05) is 4.72 Å². The highest BCUT2D eigenvalue weighted by molar-refractivity contribution is 7.92. The maximum atomic E-state index is 12.5. The molecule has 2 aromatic rings. The molecule has 0 saturated carbocycles. The summed E-state index contributed by atoms with van der Waals surface area (Å²) in [6.45, 7) is 3.57. The lowest BCUT2D eigenvalue weighted by atomic mass is 10.2. The topological polar surface area (TPSA) is 46.2 Å². The second kappa shape index (κ2) is 5.84. The van der Waals surface area contributed by atoms with Crippen LogP contribution in [0.4, 0.5) is 18.9 Å². The molecule has 0 aliphatic heterocycles. The van der Waals surface area contributed by atoms with Crippen LogP contribution in [0.1, 0.15) is 11.1 Å². The van der Waals surface area contributed by atoms with Crippen LogP contribution >= 0.6 is 0 Å². The fraction of sp³-hybridized carbons (Fsp3) is 0.0667. The van der Waals surface area contributed by atoms with Gasteiger partial charge < -0.3 is 0 Å². The van der Waals surface area contributed by atoms with Crippen molar-refractivity contribution in [1.29, 1.82) is 0 Å². The Morgan fingerprint density at radius 2 is 1.59 bits per heavy atom. The summed E-state index contributed by atoms with van der Waals surface area (Å²) in [7, 11) is -3.97. The van der Waals surface area contributed by atoms with E-state index in [1.54, 1.807) is 24.3 Å². The zero-order chi connectivity index (χ0) is 16.4. The summed E-state index contributed by atoms with van der Waals surface area (Å²) in [4.78, 5) is -0.251. The van der Waals surface area contributed by atoms with Crippen LogP contribution in [0, 0.1) is 0 Å². The summed E-state index contributed by atoms with van der Waals surface area (Å²) < 4.78 is 64.2. The lowest BCUT2D eigenvalue weighted by Gasteiger charge is -2.11. The molecule has 116 valence electrons. The van der Waals surface area contributed by atoms with Gasteiger partial charge in [-0.3, -0.25) is 4.72 Å². The minimum atomic E-state index is -4.51. The van der Waals surface area contributed by atoms with Crippen molar-refractivity contribution in [3.63, 3.8) is 0 Å². The van der Waals surface area contributed by atoms with Gasteiger partial charge in [-0.1, -0.05) is 30.9 Å². The van der Waals surface area contributed by atoms with Crippen LogP contribution in [-0.2, 0) is 16.2 Å².